The van der Waals surface area contributed by atoms with Gasteiger partial charge in [-0.15, -0.1) is 0 Å². The number of hydrogen-bond acceptors (Lipinski definition) is 5. The van der Waals surface area contributed by atoms with Crippen LogP contribution in [0.2, 0.25) is 0 Å². The molecule has 3 heterocycles. The molecule has 1 aliphatic heterocycles. The van der Waals surface area contributed by atoms with Crippen LogP contribution in [0.25, 0.3) is 0 Å². The summed E-state index contributed by atoms with van der Waals surface area (Å²) < 4.78 is 40.5. The maximum absolute atomic E-state index is 13.0. The van der Waals surface area contributed by atoms with Crippen LogP contribution in [0.3, 0.4) is 0 Å². The molecule has 2 aromatic rings. The molecule has 1 unspecified atom stereocenters. The largest absolute Gasteiger partial charge is 0.433 e. The highest BCUT2D eigenvalue weighted by Gasteiger charge is 2.34. The number of alkyl halides is 3. The quantitative estimate of drug-likeness (QED) is 0.896. The average molecular weight is 368 g/mol. The van der Waals surface area contributed by atoms with Gasteiger partial charge >= 0.3 is 6.18 Å². The van der Waals surface area contributed by atoms with E-state index in [0.29, 0.717) is 18.8 Å². The van der Waals surface area contributed by atoms with E-state index in [-0.39, 0.29) is 23.6 Å². The van der Waals surface area contributed by atoms with Crippen molar-refractivity contribution < 1.29 is 18.0 Å². The molecule has 0 bridgehead atoms. The summed E-state index contributed by atoms with van der Waals surface area (Å²) in [5.41, 5.74) is -0.651. The van der Waals surface area contributed by atoms with E-state index in [1.807, 2.05) is 0 Å². The summed E-state index contributed by atoms with van der Waals surface area (Å²) in [7, 11) is 1.72. The molecule has 0 saturated carbocycles. The van der Waals surface area contributed by atoms with E-state index in [1.165, 1.54) is 11.6 Å². The van der Waals surface area contributed by atoms with Gasteiger partial charge in [0.1, 0.15) is 23.0 Å². The predicted octanol–water partition coefficient (Wildman–Crippen LogP) is 1.94. The smallest absolute Gasteiger partial charge is 0.354 e. The fraction of sp³-hybridized carbons (Fsp3) is 0.500. The molecule has 0 aromatic carbocycles. The van der Waals surface area contributed by atoms with Gasteiger partial charge in [-0.05, 0) is 25.8 Å². The summed E-state index contributed by atoms with van der Waals surface area (Å²) in [4.78, 5) is 21.6. The Balaban J connectivity index is 1.72. The predicted molar refractivity (Wildman–Crippen MR) is 87.7 cm³/mol. The third kappa shape index (κ3) is 4.12. The Morgan fingerprint density at radius 3 is 2.77 bits per heavy atom. The number of aryl methyl sites for hydroxylation is 2. The van der Waals surface area contributed by atoms with Gasteiger partial charge in [0.2, 0.25) is 0 Å². The van der Waals surface area contributed by atoms with Gasteiger partial charge in [-0.1, -0.05) is 0 Å². The second-order valence-corrected chi connectivity index (χ2v) is 6.29. The number of piperidine rings is 1. The van der Waals surface area contributed by atoms with Crippen LogP contribution in [0.5, 0.6) is 0 Å². The molecular formula is C16H19F3N6O. The van der Waals surface area contributed by atoms with Gasteiger partial charge in [-0.3, -0.25) is 9.48 Å². The highest BCUT2D eigenvalue weighted by atomic mass is 19.4. The normalized spacial score (nSPS) is 18.0. The zero-order valence-electron chi connectivity index (χ0n) is 14.4. The van der Waals surface area contributed by atoms with Gasteiger partial charge in [-0.25, -0.2) is 9.97 Å². The summed E-state index contributed by atoms with van der Waals surface area (Å²) in [5, 5.41) is 6.93. The lowest BCUT2D eigenvalue weighted by Gasteiger charge is -2.34. The second-order valence-electron chi connectivity index (χ2n) is 6.29. The lowest BCUT2D eigenvalue weighted by Crippen LogP contribution is -2.48. The van der Waals surface area contributed by atoms with E-state index in [2.05, 4.69) is 20.4 Å². The lowest BCUT2D eigenvalue weighted by molar-refractivity contribution is -0.141. The summed E-state index contributed by atoms with van der Waals surface area (Å²) in [5.74, 6) is -0.0108. The molecular weight excluding hydrogens is 349 g/mol. The molecule has 0 spiro atoms. The fourth-order valence-corrected chi connectivity index (χ4v) is 2.96. The van der Waals surface area contributed by atoms with Crippen LogP contribution in [0.1, 0.15) is 34.8 Å². The molecule has 1 aliphatic rings. The van der Waals surface area contributed by atoms with E-state index in [4.69, 9.17) is 0 Å². The van der Waals surface area contributed by atoms with E-state index in [9.17, 15) is 18.0 Å². The summed E-state index contributed by atoms with van der Waals surface area (Å²) >= 11 is 0. The molecule has 1 fully saturated rings. The highest BCUT2D eigenvalue weighted by Crippen LogP contribution is 2.30. The van der Waals surface area contributed by atoms with Crippen LogP contribution in [0.4, 0.5) is 19.0 Å². The van der Waals surface area contributed by atoms with E-state index in [0.717, 1.165) is 18.9 Å². The number of carbonyl (C=O) groups excluding carboxylic acids is 1. The van der Waals surface area contributed by atoms with Crippen molar-refractivity contribution in [1.82, 2.24) is 25.1 Å². The molecule has 1 saturated heterocycles. The zero-order valence-corrected chi connectivity index (χ0v) is 14.4. The van der Waals surface area contributed by atoms with Gasteiger partial charge in [0.05, 0.1) is 0 Å². The van der Waals surface area contributed by atoms with Crippen molar-refractivity contribution in [3.8, 4) is 0 Å². The van der Waals surface area contributed by atoms with Gasteiger partial charge in [-0.2, -0.15) is 18.3 Å². The van der Waals surface area contributed by atoms with Crippen LogP contribution in [0, 0.1) is 6.92 Å². The summed E-state index contributed by atoms with van der Waals surface area (Å²) in [6.07, 6.45) is -1.38. The Hall–Kier alpha value is -2.65. The van der Waals surface area contributed by atoms with E-state index in [1.54, 1.807) is 24.2 Å². The number of nitrogens with zero attached hydrogens (tertiary/aromatic N) is 5. The Labute approximate surface area is 148 Å². The van der Waals surface area contributed by atoms with Crippen LogP contribution in [0.15, 0.2) is 18.3 Å². The average Bonchev–Trinajstić information content (AvgIpc) is 3.00. The van der Waals surface area contributed by atoms with Crippen molar-refractivity contribution in [2.45, 2.75) is 32.0 Å². The Kier molecular flexibility index (Phi) is 4.84. The fourth-order valence-electron chi connectivity index (χ4n) is 2.96. The number of rotatable bonds is 3. The summed E-state index contributed by atoms with van der Waals surface area (Å²) in [6, 6.07) is 2.37. The first kappa shape index (κ1) is 18.2. The van der Waals surface area contributed by atoms with Crippen LogP contribution in [-0.4, -0.2) is 44.8 Å². The first-order valence-corrected chi connectivity index (χ1v) is 8.21. The molecule has 1 atom stereocenters. The zero-order chi connectivity index (χ0) is 18.9. The minimum Gasteiger partial charge on any atom is -0.354 e. The van der Waals surface area contributed by atoms with Gasteiger partial charge in [0, 0.05) is 38.4 Å². The van der Waals surface area contributed by atoms with Crippen molar-refractivity contribution >= 4 is 11.7 Å². The van der Waals surface area contributed by atoms with Crippen molar-refractivity contribution in [3.63, 3.8) is 0 Å². The topological polar surface area (TPSA) is 75.9 Å². The minimum atomic E-state index is -4.52. The van der Waals surface area contributed by atoms with Crippen LogP contribution < -0.4 is 10.2 Å². The SMILES string of the molecule is Cc1nc(N2CCCC(NC(=O)c3ccn(C)n3)C2)cc(C(F)(F)F)n1. The molecule has 1 N–H and O–H groups in total. The van der Waals surface area contributed by atoms with Gasteiger partial charge in [0.25, 0.3) is 5.91 Å². The number of anilines is 1. The summed E-state index contributed by atoms with van der Waals surface area (Å²) in [6.45, 7) is 2.39. The van der Waals surface area contributed by atoms with Crippen LogP contribution in [-0.2, 0) is 13.2 Å². The van der Waals surface area contributed by atoms with Crippen molar-refractivity contribution in [2.24, 2.45) is 7.05 Å². The van der Waals surface area contributed by atoms with Crippen molar-refractivity contribution in [3.05, 3.63) is 35.5 Å². The second kappa shape index (κ2) is 6.93. The first-order chi connectivity index (χ1) is 12.2. The molecule has 140 valence electrons. The number of aromatic nitrogens is 4. The number of amides is 1. The Bertz CT molecular complexity index is 804. The third-order valence-electron chi connectivity index (χ3n) is 4.14. The van der Waals surface area contributed by atoms with Gasteiger partial charge < -0.3 is 10.2 Å². The van der Waals surface area contributed by atoms with Gasteiger partial charge in [0.15, 0.2) is 0 Å². The minimum absolute atomic E-state index is 0.0643. The molecule has 7 nitrogen and oxygen atoms in total. The standard InChI is InChI=1S/C16H19F3N6O/c1-10-20-13(16(17,18)19)8-14(21-10)25-6-3-4-11(9-25)22-15(26)12-5-7-24(2)23-12/h5,7-8,11H,3-4,6,9H2,1-2H3,(H,22,26). The molecule has 1 amide bonds. The monoisotopic (exact) mass is 368 g/mol. The lowest BCUT2D eigenvalue weighted by atomic mass is 10.1. The van der Waals surface area contributed by atoms with Crippen molar-refractivity contribution in [2.75, 3.05) is 18.0 Å². The molecule has 26 heavy (non-hydrogen) atoms. The number of hydrogen-bond donors (Lipinski definition) is 1. The molecule has 3 rings (SSSR count). The maximum Gasteiger partial charge on any atom is 0.433 e. The molecule has 10 heteroatoms. The highest BCUT2D eigenvalue weighted by molar-refractivity contribution is 5.92. The number of carbonyl (C=O) groups is 1. The first-order valence-electron chi connectivity index (χ1n) is 8.21. The Morgan fingerprint density at radius 2 is 2.12 bits per heavy atom. The number of nitrogens with one attached hydrogen (secondary N) is 1. The molecule has 2 aromatic heterocycles. The molecule has 0 aliphatic carbocycles. The van der Waals surface area contributed by atoms with E-state index < -0.39 is 11.9 Å². The van der Waals surface area contributed by atoms with E-state index >= 15 is 0 Å². The third-order valence-corrected chi connectivity index (χ3v) is 4.14. The van der Waals surface area contributed by atoms with Crippen molar-refractivity contribution in [1.29, 1.82) is 0 Å². The maximum atomic E-state index is 13.0. The van der Waals surface area contributed by atoms with Crippen LogP contribution >= 0.6 is 0 Å². The number of halogens is 3. The Morgan fingerprint density at radius 1 is 1.35 bits per heavy atom. The molecule has 0 radical (unpaired) electrons.